The Kier molecular flexibility index (Phi) is 4.04. The van der Waals surface area contributed by atoms with Crippen LogP contribution in [-0.2, 0) is 0 Å². The van der Waals surface area contributed by atoms with Gasteiger partial charge in [-0.15, -0.1) is 0 Å². The summed E-state index contributed by atoms with van der Waals surface area (Å²) in [7, 11) is 0. The van der Waals surface area contributed by atoms with Gasteiger partial charge in [0.15, 0.2) is 0 Å². The van der Waals surface area contributed by atoms with E-state index in [1.807, 2.05) is 19.9 Å². The van der Waals surface area contributed by atoms with E-state index in [4.69, 9.17) is 11.1 Å². The predicted octanol–water partition coefficient (Wildman–Crippen LogP) is 3.41. The molecule has 0 aliphatic rings. The summed E-state index contributed by atoms with van der Waals surface area (Å²) < 4.78 is 26.6. The lowest BCUT2D eigenvalue weighted by molar-refractivity contribution is 0.565. The standard InChI is InChI=1S/C14H13F2N3S/c1-7-5-8(2)19-14(12(7)13(17)18)20-11-4-3-9(15)6-10(11)16/h3-6H,1-2H3,(H3,17,18). The molecular weight excluding hydrogens is 280 g/mol. The number of pyridine rings is 1. The van der Waals surface area contributed by atoms with Crippen molar-refractivity contribution in [3.8, 4) is 0 Å². The first-order valence-electron chi connectivity index (χ1n) is 5.84. The molecule has 2 aromatic rings. The first kappa shape index (κ1) is 14.5. The van der Waals surface area contributed by atoms with E-state index in [9.17, 15) is 8.78 Å². The molecule has 1 heterocycles. The van der Waals surface area contributed by atoms with E-state index in [1.54, 1.807) is 0 Å². The normalized spacial score (nSPS) is 10.6. The van der Waals surface area contributed by atoms with Gasteiger partial charge in [0.25, 0.3) is 0 Å². The summed E-state index contributed by atoms with van der Waals surface area (Å²) in [6.07, 6.45) is 0. The maximum absolute atomic E-state index is 13.7. The number of rotatable bonds is 3. The topological polar surface area (TPSA) is 62.8 Å². The Bertz CT molecular complexity index is 686. The van der Waals surface area contributed by atoms with Crippen molar-refractivity contribution in [3.05, 3.63) is 52.7 Å². The number of halogens is 2. The van der Waals surface area contributed by atoms with E-state index in [0.29, 0.717) is 10.6 Å². The first-order chi connectivity index (χ1) is 9.38. The SMILES string of the molecule is Cc1cc(C)c(C(=N)N)c(Sc2ccc(F)cc2F)n1. The quantitative estimate of drug-likeness (QED) is 0.673. The fourth-order valence-corrected chi connectivity index (χ4v) is 2.93. The number of benzene rings is 1. The van der Waals surface area contributed by atoms with Crippen LogP contribution in [-0.4, -0.2) is 10.8 Å². The molecule has 0 spiro atoms. The molecule has 0 amide bonds. The summed E-state index contributed by atoms with van der Waals surface area (Å²) in [4.78, 5) is 4.54. The number of hydrogen-bond acceptors (Lipinski definition) is 3. The third-order valence-electron chi connectivity index (χ3n) is 2.68. The highest BCUT2D eigenvalue weighted by atomic mass is 32.2. The van der Waals surface area contributed by atoms with Crippen molar-refractivity contribution in [2.24, 2.45) is 5.73 Å². The summed E-state index contributed by atoms with van der Waals surface area (Å²) in [5.41, 5.74) is 7.58. The number of amidine groups is 1. The largest absolute Gasteiger partial charge is 0.384 e. The molecule has 2 rings (SSSR count). The highest BCUT2D eigenvalue weighted by molar-refractivity contribution is 7.99. The number of aromatic nitrogens is 1. The average molecular weight is 293 g/mol. The minimum Gasteiger partial charge on any atom is -0.384 e. The van der Waals surface area contributed by atoms with Crippen molar-refractivity contribution in [2.75, 3.05) is 0 Å². The molecule has 0 radical (unpaired) electrons. The number of nitrogens with one attached hydrogen (secondary N) is 1. The second-order valence-corrected chi connectivity index (χ2v) is 5.38. The molecule has 20 heavy (non-hydrogen) atoms. The predicted molar refractivity (Wildman–Crippen MR) is 75.2 cm³/mol. The third-order valence-corrected chi connectivity index (χ3v) is 3.72. The van der Waals surface area contributed by atoms with Crippen LogP contribution >= 0.6 is 11.8 Å². The number of aryl methyl sites for hydroxylation is 2. The van der Waals surface area contributed by atoms with Crippen molar-refractivity contribution < 1.29 is 8.78 Å². The molecular formula is C14H13F2N3S. The minimum absolute atomic E-state index is 0.125. The lowest BCUT2D eigenvalue weighted by atomic mass is 10.1. The van der Waals surface area contributed by atoms with Gasteiger partial charge in [0, 0.05) is 16.7 Å². The van der Waals surface area contributed by atoms with E-state index < -0.39 is 11.6 Å². The van der Waals surface area contributed by atoms with Gasteiger partial charge in [-0.3, -0.25) is 5.41 Å². The Morgan fingerprint density at radius 3 is 2.55 bits per heavy atom. The van der Waals surface area contributed by atoms with Crippen LogP contribution in [0.25, 0.3) is 0 Å². The van der Waals surface area contributed by atoms with Crippen LogP contribution in [0, 0.1) is 30.9 Å². The van der Waals surface area contributed by atoms with Crippen LogP contribution < -0.4 is 5.73 Å². The Balaban J connectivity index is 2.50. The maximum atomic E-state index is 13.7. The number of hydrogen-bond donors (Lipinski definition) is 2. The van der Waals surface area contributed by atoms with Crippen LogP contribution in [0.4, 0.5) is 8.78 Å². The number of nitrogens with two attached hydrogens (primary N) is 1. The number of nitrogens with zero attached hydrogens (tertiary/aromatic N) is 1. The summed E-state index contributed by atoms with van der Waals surface area (Å²) in [5.74, 6) is -1.42. The molecule has 1 aromatic carbocycles. The summed E-state index contributed by atoms with van der Waals surface area (Å²) in [6.45, 7) is 3.62. The molecule has 0 fully saturated rings. The van der Waals surface area contributed by atoms with Gasteiger partial charge in [0.1, 0.15) is 22.5 Å². The van der Waals surface area contributed by atoms with Crippen LogP contribution in [0.2, 0.25) is 0 Å². The third kappa shape index (κ3) is 2.96. The average Bonchev–Trinajstić information content (AvgIpc) is 2.31. The number of nitrogen functional groups attached to an aromatic ring is 1. The highest BCUT2D eigenvalue weighted by Crippen LogP contribution is 2.32. The molecule has 0 unspecified atom stereocenters. The molecule has 0 atom stereocenters. The van der Waals surface area contributed by atoms with Crippen molar-refractivity contribution in [3.63, 3.8) is 0 Å². The summed E-state index contributed by atoms with van der Waals surface area (Å²) in [6, 6.07) is 5.15. The first-order valence-corrected chi connectivity index (χ1v) is 6.65. The van der Waals surface area contributed by atoms with Gasteiger partial charge in [-0.1, -0.05) is 11.8 Å². The molecule has 3 N–H and O–H groups in total. The minimum atomic E-state index is -0.662. The van der Waals surface area contributed by atoms with Crippen LogP contribution in [0.3, 0.4) is 0 Å². The smallest absolute Gasteiger partial charge is 0.140 e. The van der Waals surface area contributed by atoms with E-state index in [2.05, 4.69) is 4.98 Å². The highest BCUT2D eigenvalue weighted by Gasteiger charge is 2.15. The Hall–Kier alpha value is -1.95. The van der Waals surface area contributed by atoms with Gasteiger partial charge >= 0.3 is 0 Å². The molecule has 0 saturated heterocycles. The van der Waals surface area contributed by atoms with E-state index in [0.717, 1.165) is 29.1 Å². The second kappa shape index (κ2) is 5.58. The van der Waals surface area contributed by atoms with Gasteiger partial charge in [-0.25, -0.2) is 13.8 Å². The van der Waals surface area contributed by atoms with E-state index >= 15 is 0 Å². The molecule has 0 aliphatic heterocycles. The van der Waals surface area contributed by atoms with Crippen LogP contribution in [0.1, 0.15) is 16.8 Å². The summed E-state index contributed by atoms with van der Waals surface area (Å²) in [5, 5.41) is 8.06. The van der Waals surface area contributed by atoms with Crippen molar-refractivity contribution >= 4 is 17.6 Å². The zero-order valence-electron chi connectivity index (χ0n) is 11.0. The van der Waals surface area contributed by atoms with Gasteiger partial charge < -0.3 is 5.73 Å². The van der Waals surface area contributed by atoms with Gasteiger partial charge in [0.2, 0.25) is 0 Å². The zero-order chi connectivity index (χ0) is 14.9. The van der Waals surface area contributed by atoms with Crippen molar-refractivity contribution in [2.45, 2.75) is 23.8 Å². The fraction of sp³-hybridized carbons (Fsp3) is 0.143. The fourth-order valence-electron chi connectivity index (χ4n) is 1.87. The molecule has 0 bridgehead atoms. The molecule has 0 aliphatic carbocycles. The molecule has 6 heteroatoms. The summed E-state index contributed by atoms with van der Waals surface area (Å²) >= 11 is 1.03. The molecule has 1 aromatic heterocycles. The second-order valence-electron chi connectivity index (χ2n) is 4.35. The van der Waals surface area contributed by atoms with E-state index in [-0.39, 0.29) is 10.7 Å². The Morgan fingerprint density at radius 2 is 1.95 bits per heavy atom. The molecule has 104 valence electrons. The lowest BCUT2D eigenvalue weighted by Gasteiger charge is -2.11. The monoisotopic (exact) mass is 293 g/mol. The Labute approximate surface area is 119 Å². The zero-order valence-corrected chi connectivity index (χ0v) is 11.8. The van der Waals surface area contributed by atoms with Crippen molar-refractivity contribution in [1.82, 2.24) is 4.98 Å². The van der Waals surface area contributed by atoms with Crippen LogP contribution in [0.5, 0.6) is 0 Å². The molecule has 0 saturated carbocycles. The lowest BCUT2D eigenvalue weighted by Crippen LogP contribution is -2.15. The van der Waals surface area contributed by atoms with Crippen LogP contribution in [0.15, 0.2) is 34.2 Å². The van der Waals surface area contributed by atoms with Crippen molar-refractivity contribution in [1.29, 1.82) is 5.41 Å². The van der Waals surface area contributed by atoms with Gasteiger partial charge in [-0.05, 0) is 37.6 Å². The maximum Gasteiger partial charge on any atom is 0.140 e. The van der Waals surface area contributed by atoms with E-state index in [1.165, 1.54) is 12.1 Å². The van der Waals surface area contributed by atoms with Gasteiger partial charge in [0.05, 0.1) is 5.56 Å². The molecule has 3 nitrogen and oxygen atoms in total. The Morgan fingerprint density at radius 1 is 1.25 bits per heavy atom. The van der Waals surface area contributed by atoms with Gasteiger partial charge in [-0.2, -0.15) is 0 Å².